The van der Waals surface area contributed by atoms with Gasteiger partial charge in [0.2, 0.25) is 5.95 Å². The van der Waals surface area contributed by atoms with Crippen LogP contribution in [0.1, 0.15) is 25.5 Å². The van der Waals surface area contributed by atoms with Crippen molar-refractivity contribution >= 4 is 35.1 Å². The second-order valence-corrected chi connectivity index (χ2v) is 5.80. The lowest BCUT2D eigenvalue weighted by Gasteiger charge is -2.28. The molecule has 0 spiro atoms. The number of aromatic nitrogens is 3. The molecular weight excluding hydrogens is 339 g/mol. The van der Waals surface area contributed by atoms with Crippen molar-refractivity contribution in [2.24, 2.45) is 0 Å². The van der Waals surface area contributed by atoms with E-state index in [0.717, 1.165) is 5.56 Å². The first-order chi connectivity index (χ1) is 11.0. The molecule has 0 saturated heterocycles. The summed E-state index contributed by atoms with van der Waals surface area (Å²) in [5.41, 5.74) is 1.90. The predicted octanol–water partition coefficient (Wildman–Crippen LogP) is 3.44. The Labute approximate surface area is 143 Å². The lowest BCUT2D eigenvalue weighted by molar-refractivity contribution is -0.139. The number of anilines is 1. The molecule has 1 aliphatic rings. The van der Waals surface area contributed by atoms with Crippen LogP contribution in [0, 0.1) is 0 Å². The van der Waals surface area contributed by atoms with Crippen molar-refractivity contribution < 1.29 is 9.53 Å². The van der Waals surface area contributed by atoms with Gasteiger partial charge in [-0.05, 0) is 31.5 Å². The van der Waals surface area contributed by atoms with Gasteiger partial charge in [-0.2, -0.15) is 10.1 Å². The molecule has 120 valence electrons. The number of nitrogens with zero attached hydrogens (tertiary/aromatic N) is 3. The Hall–Kier alpha value is -2.05. The molecular formula is C15H14Cl2N4O2. The molecule has 6 nitrogen and oxygen atoms in total. The molecule has 23 heavy (non-hydrogen) atoms. The fraction of sp³-hybridized carbons (Fsp3) is 0.267. The molecule has 0 fully saturated rings. The molecule has 1 N–H and O–H groups in total. The van der Waals surface area contributed by atoms with Crippen LogP contribution in [0.5, 0.6) is 0 Å². The van der Waals surface area contributed by atoms with Crippen LogP contribution in [-0.2, 0) is 9.53 Å². The summed E-state index contributed by atoms with van der Waals surface area (Å²) in [6.45, 7) is 3.85. The zero-order valence-corrected chi connectivity index (χ0v) is 14.0. The first-order valence-electron chi connectivity index (χ1n) is 7.02. The molecule has 0 saturated carbocycles. The third kappa shape index (κ3) is 2.80. The third-order valence-electron chi connectivity index (χ3n) is 3.55. The van der Waals surface area contributed by atoms with E-state index in [9.17, 15) is 4.79 Å². The predicted molar refractivity (Wildman–Crippen MR) is 87.6 cm³/mol. The fourth-order valence-electron chi connectivity index (χ4n) is 2.55. The lowest BCUT2D eigenvalue weighted by atomic mass is 9.96. The SMILES string of the molecule is CCOC(=O)C1=C(C)Nc2ncnn2[C@@H]1c1ccc(Cl)c(Cl)c1. The molecule has 1 atom stereocenters. The molecule has 0 aliphatic carbocycles. The van der Waals surface area contributed by atoms with E-state index in [1.165, 1.54) is 6.33 Å². The molecule has 0 bridgehead atoms. The molecule has 0 amide bonds. The van der Waals surface area contributed by atoms with Crippen molar-refractivity contribution in [1.82, 2.24) is 14.8 Å². The molecule has 0 unspecified atom stereocenters. The molecule has 1 aromatic heterocycles. The summed E-state index contributed by atoms with van der Waals surface area (Å²) < 4.78 is 6.82. The number of carbonyl (C=O) groups excluding carboxylic acids is 1. The first kappa shape index (κ1) is 15.8. The summed E-state index contributed by atoms with van der Waals surface area (Å²) in [6.07, 6.45) is 1.42. The van der Waals surface area contributed by atoms with E-state index in [4.69, 9.17) is 27.9 Å². The Bertz CT molecular complexity index is 801. The normalized spacial score (nSPS) is 16.8. The number of halogens is 2. The summed E-state index contributed by atoms with van der Waals surface area (Å²) in [4.78, 5) is 16.6. The number of ether oxygens (including phenoxy) is 1. The highest BCUT2D eigenvalue weighted by atomic mass is 35.5. The summed E-state index contributed by atoms with van der Waals surface area (Å²) in [5.74, 6) is 0.140. The van der Waals surface area contributed by atoms with Gasteiger partial charge in [0.05, 0.1) is 22.2 Å². The van der Waals surface area contributed by atoms with Crippen LogP contribution in [0.4, 0.5) is 5.95 Å². The average molecular weight is 353 g/mol. The fourth-order valence-corrected chi connectivity index (χ4v) is 2.86. The smallest absolute Gasteiger partial charge is 0.338 e. The summed E-state index contributed by atoms with van der Waals surface area (Å²) in [7, 11) is 0. The number of hydrogen-bond donors (Lipinski definition) is 1. The van der Waals surface area contributed by atoms with Gasteiger partial charge in [-0.25, -0.2) is 9.48 Å². The minimum Gasteiger partial charge on any atom is -0.463 e. The van der Waals surface area contributed by atoms with Gasteiger partial charge in [0.1, 0.15) is 12.4 Å². The van der Waals surface area contributed by atoms with Gasteiger partial charge in [-0.1, -0.05) is 29.3 Å². The van der Waals surface area contributed by atoms with E-state index in [0.29, 0.717) is 27.3 Å². The van der Waals surface area contributed by atoms with Gasteiger partial charge in [0, 0.05) is 5.70 Å². The Balaban J connectivity index is 2.16. The molecule has 2 heterocycles. The minimum atomic E-state index is -0.484. The highest BCUT2D eigenvalue weighted by molar-refractivity contribution is 6.42. The quantitative estimate of drug-likeness (QED) is 0.856. The number of esters is 1. The Morgan fingerprint density at radius 1 is 1.39 bits per heavy atom. The zero-order chi connectivity index (χ0) is 16.6. The Morgan fingerprint density at radius 3 is 2.87 bits per heavy atom. The van der Waals surface area contributed by atoms with Crippen molar-refractivity contribution in [2.45, 2.75) is 19.9 Å². The zero-order valence-electron chi connectivity index (χ0n) is 12.5. The van der Waals surface area contributed by atoms with Crippen LogP contribution in [0.3, 0.4) is 0 Å². The van der Waals surface area contributed by atoms with Crippen LogP contribution in [-0.4, -0.2) is 27.3 Å². The summed E-state index contributed by atoms with van der Waals surface area (Å²) >= 11 is 12.1. The number of fused-ring (bicyclic) bond motifs is 1. The van der Waals surface area contributed by atoms with E-state index in [2.05, 4.69) is 15.4 Å². The van der Waals surface area contributed by atoms with Gasteiger partial charge in [0.25, 0.3) is 0 Å². The Kier molecular flexibility index (Phi) is 4.28. The number of allylic oxidation sites excluding steroid dienone is 1. The van der Waals surface area contributed by atoms with E-state index in [-0.39, 0.29) is 6.61 Å². The van der Waals surface area contributed by atoms with Gasteiger partial charge >= 0.3 is 5.97 Å². The maximum Gasteiger partial charge on any atom is 0.338 e. The topological polar surface area (TPSA) is 69.0 Å². The van der Waals surface area contributed by atoms with Gasteiger partial charge in [0.15, 0.2) is 0 Å². The monoisotopic (exact) mass is 352 g/mol. The van der Waals surface area contributed by atoms with E-state index >= 15 is 0 Å². The average Bonchev–Trinajstić information content (AvgIpc) is 2.96. The van der Waals surface area contributed by atoms with Crippen LogP contribution >= 0.6 is 23.2 Å². The highest BCUT2D eigenvalue weighted by Gasteiger charge is 2.34. The largest absolute Gasteiger partial charge is 0.463 e. The lowest BCUT2D eigenvalue weighted by Crippen LogP contribution is -2.29. The number of rotatable bonds is 3. The molecule has 0 radical (unpaired) electrons. The number of hydrogen-bond acceptors (Lipinski definition) is 5. The second-order valence-electron chi connectivity index (χ2n) is 4.99. The molecule has 2 aromatic rings. The van der Waals surface area contributed by atoms with Crippen molar-refractivity contribution in [1.29, 1.82) is 0 Å². The number of nitrogens with one attached hydrogen (secondary N) is 1. The molecule has 1 aliphatic heterocycles. The standard InChI is InChI=1S/C15H14Cl2N4O2/c1-3-23-14(22)12-8(2)20-15-18-7-19-21(15)13(12)9-4-5-10(16)11(17)6-9/h4-7,13H,3H2,1-2H3,(H,18,19,20)/t13-/m1/s1. The maximum absolute atomic E-state index is 12.4. The van der Waals surface area contributed by atoms with Crippen molar-refractivity contribution in [3.05, 3.63) is 51.4 Å². The second kappa shape index (κ2) is 6.22. The van der Waals surface area contributed by atoms with E-state index in [1.807, 2.05) is 6.07 Å². The summed E-state index contributed by atoms with van der Waals surface area (Å²) in [6, 6.07) is 4.73. The number of benzene rings is 1. The van der Waals surface area contributed by atoms with Crippen LogP contribution in [0.2, 0.25) is 10.0 Å². The van der Waals surface area contributed by atoms with E-state index < -0.39 is 12.0 Å². The van der Waals surface area contributed by atoms with Crippen molar-refractivity contribution in [2.75, 3.05) is 11.9 Å². The number of carbonyl (C=O) groups is 1. The third-order valence-corrected chi connectivity index (χ3v) is 4.29. The maximum atomic E-state index is 12.4. The van der Waals surface area contributed by atoms with Crippen molar-refractivity contribution in [3.8, 4) is 0 Å². The molecule has 3 rings (SSSR count). The first-order valence-corrected chi connectivity index (χ1v) is 7.78. The highest BCUT2D eigenvalue weighted by Crippen LogP contribution is 2.37. The van der Waals surface area contributed by atoms with Gasteiger partial charge < -0.3 is 10.1 Å². The molecule has 8 heteroatoms. The van der Waals surface area contributed by atoms with Gasteiger partial charge in [-0.15, -0.1) is 0 Å². The van der Waals surface area contributed by atoms with Crippen LogP contribution < -0.4 is 5.32 Å². The van der Waals surface area contributed by atoms with Gasteiger partial charge in [-0.3, -0.25) is 0 Å². The van der Waals surface area contributed by atoms with E-state index in [1.54, 1.807) is 30.7 Å². The molecule has 1 aromatic carbocycles. The summed E-state index contributed by atoms with van der Waals surface area (Å²) in [5, 5.41) is 8.14. The van der Waals surface area contributed by atoms with Crippen molar-refractivity contribution in [3.63, 3.8) is 0 Å². The van der Waals surface area contributed by atoms with Crippen LogP contribution in [0.15, 0.2) is 35.8 Å². The Morgan fingerprint density at radius 2 is 2.17 bits per heavy atom. The minimum absolute atomic E-state index is 0.286. The van der Waals surface area contributed by atoms with Crippen LogP contribution in [0.25, 0.3) is 0 Å².